The molecule has 11 rings (SSSR count). The third kappa shape index (κ3) is 5.48. The Morgan fingerprint density at radius 2 is 1.44 bits per heavy atom. The summed E-state index contributed by atoms with van der Waals surface area (Å²) in [4.78, 5) is 0. The number of imidazole rings is 1. The summed E-state index contributed by atoms with van der Waals surface area (Å²) in [6, 6.07) is 51.5. The second kappa shape index (κ2) is 13.4. The standard InChI is InChI=1S/C54H49N3OSi/c1-34-17-16-18-35(2)51(34)44-32-48-40-22-11-10-21-39(40)41-29-27-37-28-30-43-42-23-12-15-26-49(42)58-53(43)52(37)54-56(36(3)31-47(41)55(48)33-50(44)59(4,5)6)45-24-13-14-25-46(45)57(54)38-19-8-7-9-20-38/h7-26,28,30,32-33,41,47H,3,27,29,31H2,1-2,4-6H3/q+2. The fourth-order valence-electron chi connectivity index (χ4n) is 10.6. The van der Waals surface area contributed by atoms with E-state index in [9.17, 15) is 0 Å². The summed E-state index contributed by atoms with van der Waals surface area (Å²) >= 11 is 0. The Bertz CT molecular complexity index is 3160. The number of para-hydroxylation sites is 4. The van der Waals surface area contributed by atoms with Crippen molar-refractivity contribution in [1.82, 2.24) is 4.57 Å². The van der Waals surface area contributed by atoms with Crippen LogP contribution >= 0.6 is 0 Å². The number of aryl methyl sites for hydroxylation is 3. The molecule has 6 aromatic carbocycles. The number of fused-ring (bicyclic) bond motifs is 15. The lowest BCUT2D eigenvalue weighted by Crippen LogP contribution is -2.54. The van der Waals surface area contributed by atoms with E-state index in [4.69, 9.17) is 11.0 Å². The van der Waals surface area contributed by atoms with Gasteiger partial charge in [0.25, 0.3) is 0 Å². The molecule has 0 amide bonds. The number of pyridine rings is 1. The number of furan rings is 1. The normalized spacial score (nSPS) is 16.4. The summed E-state index contributed by atoms with van der Waals surface area (Å²) in [6.45, 7) is 17.1. The van der Waals surface area contributed by atoms with Gasteiger partial charge in [-0.15, -0.1) is 0 Å². The highest BCUT2D eigenvalue weighted by Crippen LogP contribution is 2.47. The molecule has 0 saturated carbocycles. The highest BCUT2D eigenvalue weighted by molar-refractivity contribution is 6.89. The molecule has 2 aliphatic heterocycles. The van der Waals surface area contributed by atoms with E-state index in [2.05, 4.69) is 193 Å². The average Bonchev–Trinajstić information content (AvgIpc) is 3.79. The Hall–Kier alpha value is -6.30. The predicted molar refractivity (Wildman–Crippen MR) is 246 cm³/mol. The van der Waals surface area contributed by atoms with Crippen LogP contribution in [0.15, 0.2) is 157 Å². The van der Waals surface area contributed by atoms with Crippen molar-refractivity contribution in [2.24, 2.45) is 0 Å². The molecule has 3 aromatic heterocycles. The van der Waals surface area contributed by atoms with Gasteiger partial charge in [0.2, 0.25) is 5.69 Å². The number of hydrogen-bond acceptors (Lipinski definition) is 1. The first-order chi connectivity index (χ1) is 28.7. The SMILES string of the molecule is C=C1CC2C(CCc3ccc4c(oc5ccccc54)c3-c3n(-c4ccccc4)c4ccccc4[n+]31)c1ccccc1-c1cc(-c3c(C)cccc3C)c([Si](C)(C)C)c[n+]12. The van der Waals surface area contributed by atoms with Crippen molar-refractivity contribution >= 4 is 51.9 Å². The van der Waals surface area contributed by atoms with Gasteiger partial charge in [-0.2, -0.15) is 13.7 Å². The highest BCUT2D eigenvalue weighted by Gasteiger charge is 2.45. The smallest absolute Gasteiger partial charge is 0.304 e. The van der Waals surface area contributed by atoms with Crippen LogP contribution in [0.3, 0.4) is 0 Å². The lowest BCUT2D eigenvalue weighted by atomic mass is 9.77. The lowest BCUT2D eigenvalue weighted by molar-refractivity contribution is -0.719. The Kier molecular flexibility index (Phi) is 8.12. The van der Waals surface area contributed by atoms with Gasteiger partial charge in [-0.25, -0.2) is 0 Å². The quantitative estimate of drug-likeness (QED) is 0.129. The topological polar surface area (TPSA) is 25.8 Å². The number of aromatic nitrogens is 3. The molecule has 288 valence electrons. The van der Waals surface area contributed by atoms with E-state index in [0.717, 1.165) is 75.0 Å². The summed E-state index contributed by atoms with van der Waals surface area (Å²) in [7, 11) is -1.85. The van der Waals surface area contributed by atoms with Crippen LogP contribution in [0.25, 0.3) is 78.1 Å². The van der Waals surface area contributed by atoms with Crippen LogP contribution in [0.2, 0.25) is 19.6 Å². The van der Waals surface area contributed by atoms with Crippen LogP contribution in [0, 0.1) is 13.8 Å². The molecule has 4 nitrogen and oxygen atoms in total. The maximum Gasteiger partial charge on any atom is 0.304 e. The number of rotatable bonds is 3. The van der Waals surface area contributed by atoms with Crippen molar-refractivity contribution in [1.29, 1.82) is 0 Å². The van der Waals surface area contributed by atoms with Gasteiger partial charge in [0.05, 0.1) is 14.5 Å². The number of allylic oxidation sites excluding steroid dienone is 1. The Labute approximate surface area is 347 Å². The van der Waals surface area contributed by atoms with Gasteiger partial charge in [-0.05, 0) is 96.5 Å². The van der Waals surface area contributed by atoms with Crippen molar-refractivity contribution in [2.75, 3.05) is 0 Å². The van der Waals surface area contributed by atoms with E-state index in [-0.39, 0.29) is 12.0 Å². The van der Waals surface area contributed by atoms with E-state index >= 15 is 0 Å². The number of benzene rings is 6. The molecule has 2 aliphatic rings. The Morgan fingerprint density at radius 1 is 0.712 bits per heavy atom. The molecule has 5 heteroatoms. The summed E-state index contributed by atoms with van der Waals surface area (Å²) in [6.07, 6.45) is 5.26. The minimum atomic E-state index is -1.85. The van der Waals surface area contributed by atoms with Gasteiger partial charge < -0.3 is 4.42 Å². The maximum atomic E-state index is 6.96. The van der Waals surface area contributed by atoms with E-state index in [1.807, 2.05) is 0 Å². The van der Waals surface area contributed by atoms with E-state index in [1.54, 1.807) is 0 Å². The second-order valence-electron chi connectivity index (χ2n) is 17.9. The zero-order valence-corrected chi connectivity index (χ0v) is 35.6. The van der Waals surface area contributed by atoms with Gasteiger partial charge in [0, 0.05) is 33.5 Å². The largest absolute Gasteiger partial charge is 0.455 e. The van der Waals surface area contributed by atoms with Crippen molar-refractivity contribution in [3.05, 3.63) is 175 Å². The number of hydrogen-bond donors (Lipinski definition) is 0. The summed E-state index contributed by atoms with van der Waals surface area (Å²) in [5.74, 6) is 1.36. The summed E-state index contributed by atoms with van der Waals surface area (Å²) in [5, 5.41) is 3.79. The van der Waals surface area contributed by atoms with Gasteiger partial charge in [-0.3, -0.25) is 0 Å². The van der Waals surface area contributed by atoms with Crippen molar-refractivity contribution in [2.45, 2.75) is 64.7 Å². The molecule has 0 fully saturated rings. The third-order valence-corrected chi connectivity index (χ3v) is 15.3. The van der Waals surface area contributed by atoms with Gasteiger partial charge in [0.1, 0.15) is 22.5 Å². The molecule has 0 radical (unpaired) electrons. The fourth-order valence-corrected chi connectivity index (χ4v) is 12.2. The first kappa shape index (κ1) is 35.8. The van der Waals surface area contributed by atoms with E-state index < -0.39 is 8.07 Å². The first-order valence-electron chi connectivity index (χ1n) is 21.2. The first-order valence-corrected chi connectivity index (χ1v) is 24.7. The summed E-state index contributed by atoms with van der Waals surface area (Å²) < 4.78 is 14.6. The molecule has 0 spiro atoms. The molecule has 0 bridgehead atoms. The third-order valence-electron chi connectivity index (χ3n) is 13.3. The van der Waals surface area contributed by atoms with Crippen molar-refractivity contribution in [3.8, 4) is 39.5 Å². The van der Waals surface area contributed by atoms with Crippen LogP contribution in [-0.4, -0.2) is 12.6 Å². The Morgan fingerprint density at radius 3 is 2.25 bits per heavy atom. The predicted octanol–water partition coefficient (Wildman–Crippen LogP) is 12.4. The summed E-state index contributed by atoms with van der Waals surface area (Å²) in [5.41, 5.74) is 18.3. The fraction of sp³-hybridized carbons (Fsp3) is 0.185. The minimum absolute atomic E-state index is 0.158. The van der Waals surface area contributed by atoms with Gasteiger partial charge in [0.15, 0.2) is 28.9 Å². The monoisotopic (exact) mass is 783 g/mol. The van der Waals surface area contributed by atoms with Crippen LogP contribution in [0.4, 0.5) is 0 Å². The minimum Gasteiger partial charge on any atom is -0.455 e. The lowest BCUT2D eigenvalue weighted by Gasteiger charge is -2.33. The number of nitrogens with zero attached hydrogens (tertiary/aromatic N) is 3. The van der Waals surface area contributed by atoms with Crippen LogP contribution in [0.1, 0.15) is 47.1 Å². The highest BCUT2D eigenvalue weighted by atomic mass is 28.3. The molecule has 59 heavy (non-hydrogen) atoms. The molecule has 2 unspecified atom stereocenters. The molecule has 2 atom stereocenters. The van der Waals surface area contributed by atoms with Crippen LogP contribution in [0.5, 0.6) is 0 Å². The molecule has 0 aliphatic carbocycles. The van der Waals surface area contributed by atoms with Gasteiger partial charge in [-0.1, -0.05) is 123 Å². The zero-order chi connectivity index (χ0) is 40.2. The zero-order valence-electron chi connectivity index (χ0n) is 34.6. The maximum absolute atomic E-state index is 6.96. The Balaban J connectivity index is 1.21. The molecule has 5 heterocycles. The second-order valence-corrected chi connectivity index (χ2v) is 22.9. The van der Waals surface area contributed by atoms with Crippen molar-refractivity contribution < 1.29 is 13.6 Å². The van der Waals surface area contributed by atoms with E-state index in [1.165, 1.54) is 49.8 Å². The molecule has 0 saturated heterocycles. The molecule has 9 aromatic rings. The van der Waals surface area contributed by atoms with E-state index in [0.29, 0.717) is 0 Å². The van der Waals surface area contributed by atoms with Gasteiger partial charge >= 0.3 is 5.82 Å². The molecular weight excluding hydrogens is 735 g/mol. The molecule has 0 N–H and O–H groups in total. The van der Waals surface area contributed by atoms with Crippen LogP contribution < -0.4 is 14.3 Å². The van der Waals surface area contributed by atoms with Crippen LogP contribution in [-0.2, 0) is 6.42 Å². The van der Waals surface area contributed by atoms with Crippen molar-refractivity contribution in [3.63, 3.8) is 0 Å². The average molecular weight is 784 g/mol. The molecular formula is C54H49N3OSi+2.